The molecule has 2 heterocycles. The van der Waals surface area contributed by atoms with Crippen LogP contribution in [0.25, 0.3) is 10.1 Å². The van der Waals surface area contributed by atoms with Crippen molar-refractivity contribution in [2.45, 2.75) is 19.3 Å². The molecule has 0 unspecified atom stereocenters. The number of amides is 1. The highest BCUT2D eigenvalue weighted by Crippen LogP contribution is 2.36. The normalized spacial score (nSPS) is 13.6. The fourth-order valence-electron chi connectivity index (χ4n) is 2.56. The first-order valence-electron chi connectivity index (χ1n) is 6.69. The molecule has 4 rings (SSSR count). The van der Waals surface area contributed by atoms with Gasteiger partial charge in [0, 0.05) is 15.0 Å². The highest BCUT2D eigenvalue weighted by atomic mass is 35.5. The SMILES string of the molecule is O=C(Nc1nc2c(s1)CCC2)c1sc2ccccc2c1Cl. The largest absolute Gasteiger partial charge is 0.297 e. The number of anilines is 1. The standard InChI is InChI=1S/C15H11ClN2OS2/c16-12-8-4-1-2-6-10(8)20-13(12)14(19)18-15-17-9-5-3-7-11(9)21-15/h1-2,4,6H,3,5,7H2,(H,17,18,19). The van der Waals surface area contributed by atoms with Crippen LogP contribution in [0.1, 0.15) is 26.7 Å². The molecule has 2 aromatic heterocycles. The first-order chi connectivity index (χ1) is 10.2. The van der Waals surface area contributed by atoms with Crippen molar-refractivity contribution in [3.05, 3.63) is 44.7 Å². The van der Waals surface area contributed by atoms with E-state index in [9.17, 15) is 4.79 Å². The third kappa shape index (κ3) is 2.25. The molecule has 0 bridgehead atoms. The van der Waals surface area contributed by atoms with Crippen molar-refractivity contribution in [2.75, 3.05) is 5.32 Å². The van der Waals surface area contributed by atoms with E-state index in [2.05, 4.69) is 10.3 Å². The lowest BCUT2D eigenvalue weighted by Gasteiger charge is -1.99. The molecule has 3 aromatic rings. The summed E-state index contributed by atoms with van der Waals surface area (Å²) in [6, 6.07) is 7.78. The van der Waals surface area contributed by atoms with Gasteiger partial charge in [0.25, 0.3) is 5.91 Å². The second kappa shape index (κ2) is 5.09. The lowest BCUT2D eigenvalue weighted by molar-refractivity contribution is 0.103. The molecule has 106 valence electrons. The molecule has 0 aliphatic heterocycles. The summed E-state index contributed by atoms with van der Waals surface area (Å²) in [7, 11) is 0. The van der Waals surface area contributed by atoms with Crippen LogP contribution in [0.2, 0.25) is 5.02 Å². The number of fused-ring (bicyclic) bond motifs is 2. The van der Waals surface area contributed by atoms with Crippen LogP contribution in [-0.4, -0.2) is 10.9 Å². The number of carbonyl (C=O) groups excluding carboxylic acids is 1. The maximum absolute atomic E-state index is 12.4. The molecule has 0 atom stereocenters. The van der Waals surface area contributed by atoms with Crippen LogP contribution in [-0.2, 0) is 12.8 Å². The molecule has 6 heteroatoms. The van der Waals surface area contributed by atoms with Gasteiger partial charge in [-0.05, 0) is 25.3 Å². The molecule has 1 aliphatic rings. The number of nitrogens with one attached hydrogen (secondary N) is 1. The van der Waals surface area contributed by atoms with Gasteiger partial charge in [0.15, 0.2) is 5.13 Å². The second-order valence-electron chi connectivity index (χ2n) is 4.94. The number of halogens is 1. The van der Waals surface area contributed by atoms with E-state index in [-0.39, 0.29) is 5.91 Å². The summed E-state index contributed by atoms with van der Waals surface area (Å²) in [5, 5.41) is 5.01. The smallest absolute Gasteiger partial charge is 0.269 e. The maximum Gasteiger partial charge on any atom is 0.269 e. The average Bonchev–Trinajstić information content (AvgIpc) is 3.13. The second-order valence-corrected chi connectivity index (χ2v) is 7.45. The zero-order chi connectivity index (χ0) is 14.4. The van der Waals surface area contributed by atoms with Crippen LogP contribution in [0.4, 0.5) is 5.13 Å². The Hall–Kier alpha value is -1.43. The van der Waals surface area contributed by atoms with Crippen molar-refractivity contribution in [2.24, 2.45) is 0 Å². The Morgan fingerprint density at radius 2 is 2.10 bits per heavy atom. The van der Waals surface area contributed by atoms with E-state index < -0.39 is 0 Å². The number of thiophene rings is 1. The third-order valence-electron chi connectivity index (χ3n) is 3.56. The topological polar surface area (TPSA) is 42.0 Å². The van der Waals surface area contributed by atoms with Gasteiger partial charge in [-0.15, -0.1) is 22.7 Å². The van der Waals surface area contributed by atoms with E-state index in [1.54, 1.807) is 11.3 Å². The Balaban J connectivity index is 1.65. The maximum atomic E-state index is 12.4. The summed E-state index contributed by atoms with van der Waals surface area (Å²) in [4.78, 5) is 18.7. The van der Waals surface area contributed by atoms with Gasteiger partial charge in [-0.3, -0.25) is 10.1 Å². The number of rotatable bonds is 2. The van der Waals surface area contributed by atoms with Gasteiger partial charge in [-0.25, -0.2) is 4.98 Å². The fraction of sp³-hybridized carbons (Fsp3) is 0.200. The van der Waals surface area contributed by atoms with Gasteiger partial charge in [-0.1, -0.05) is 29.8 Å². The molecule has 0 saturated heterocycles. The number of carbonyl (C=O) groups is 1. The van der Waals surface area contributed by atoms with E-state index in [0.29, 0.717) is 15.0 Å². The minimum Gasteiger partial charge on any atom is -0.297 e. The van der Waals surface area contributed by atoms with Crippen LogP contribution in [0.5, 0.6) is 0 Å². The first kappa shape index (κ1) is 13.2. The Labute approximate surface area is 134 Å². The van der Waals surface area contributed by atoms with Gasteiger partial charge in [-0.2, -0.15) is 0 Å². The molecule has 0 radical (unpaired) electrons. The Morgan fingerprint density at radius 3 is 2.90 bits per heavy atom. The fourth-order valence-corrected chi connectivity index (χ4v) is 5.01. The molecular weight excluding hydrogens is 324 g/mol. The highest BCUT2D eigenvalue weighted by Gasteiger charge is 2.21. The number of nitrogens with zero attached hydrogens (tertiary/aromatic N) is 1. The van der Waals surface area contributed by atoms with E-state index in [4.69, 9.17) is 11.6 Å². The van der Waals surface area contributed by atoms with E-state index in [1.807, 2.05) is 24.3 Å². The summed E-state index contributed by atoms with van der Waals surface area (Å²) in [5.74, 6) is -0.173. The number of thiazole rings is 1. The van der Waals surface area contributed by atoms with Crippen molar-refractivity contribution in [3.63, 3.8) is 0 Å². The Kier molecular flexibility index (Phi) is 3.21. The van der Waals surface area contributed by atoms with Crippen LogP contribution in [0, 0.1) is 0 Å². The van der Waals surface area contributed by atoms with Crippen molar-refractivity contribution in [1.29, 1.82) is 0 Å². The lowest BCUT2D eigenvalue weighted by atomic mass is 10.2. The minimum absolute atomic E-state index is 0.173. The summed E-state index contributed by atoms with van der Waals surface area (Å²) in [5.41, 5.74) is 1.14. The molecule has 1 aromatic carbocycles. The molecular formula is C15H11ClN2OS2. The highest BCUT2D eigenvalue weighted by molar-refractivity contribution is 7.22. The molecule has 0 fully saturated rings. The van der Waals surface area contributed by atoms with Gasteiger partial charge >= 0.3 is 0 Å². The number of hydrogen-bond acceptors (Lipinski definition) is 4. The van der Waals surface area contributed by atoms with Crippen molar-refractivity contribution in [3.8, 4) is 0 Å². The quantitative estimate of drug-likeness (QED) is 0.734. The number of hydrogen-bond donors (Lipinski definition) is 1. The van der Waals surface area contributed by atoms with Crippen LogP contribution < -0.4 is 5.32 Å². The van der Waals surface area contributed by atoms with Gasteiger partial charge in [0.05, 0.1) is 10.7 Å². The molecule has 3 nitrogen and oxygen atoms in total. The number of aryl methyl sites for hydroxylation is 2. The lowest BCUT2D eigenvalue weighted by Crippen LogP contribution is -2.10. The van der Waals surface area contributed by atoms with Gasteiger partial charge in [0.1, 0.15) is 4.88 Å². The van der Waals surface area contributed by atoms with Gasteiger partial charge in [0.2, 0.25) is 0 Å². The van der Waals surface area contributed by atoms with E-state index in [0.717, 1.165) is 28.6 Å². The Bertz CT molecular complexity index is 831. The predicted octanol–water partition coefficient (Wildman–Crippen LogP) is 4.75. The first-order valence-corrected chi connectivity index (χ1v) is 8.70. The number of benzene rings is 1. The molecule has 0 spiro atoms. The van der Waals surface area contributed by atoms with E-state index >= 15 is 0 Å². The van der Waals surface area contributed by atoms with Crippen LogP contribution in [0.15, 0.2) is 24.3 Å². The molecule has 1 aliphatic carbocycles. The molecule has 0 saturated carbocycles. The van der Waals surface area contributed by atoms with E-state index in [1.165, 1.54) is 22.6 Å². The van der Waals surface area contributed by atoms with Crippen LogP contribution >= 0.6 is 34.3 Å². The molecule has 1 N–H and O–H groups in total. The van der Waals surface area contributed by atoms with Crippen molar-refractivity contribution >= 4 is 55.4 Å². The zero-order valence-electron chi connectivity index (χ0n) is 11.0. The third-order valence-corrected chi connectivity index (χ3v) is 6.30. The minimum atomic E-state index is -0.173. The molecule has 21 heavy (non-hydrogen) atoms. The number of aromatic nitrogens is 1. The predicted molar refractivity (Wildman–Crippen MR) is 88.9 cm³/mol. The zero-order valence-corrected chi connectivity index (χ0v) is 13.4. The average molecular weight is 335 g/mol. The van der Waals surface area contributed by atoms with Crippen molar-refractivity contribution in [1.82, 2.24) is 4.98 Å². The summed E-state index contributed by atoms with van der Waals surface area (Å²) in [6.07, 6.45) is 3.27. The summed E-state index contributed by atoms with van der Waals surface area (Å²) < 4.78 is 1.02. The molecule has 1 amide bonds. The monoisotopic (exact) mass is 334 g/mol. The van der Waals surface area contributed by atoms with Crippen molar-refractivity contribution < 1.29 is 4.79 Å². The summed E-state index contributed by atoms with van der Waals surface area (Å²) >= 11 is 9.32. The van der Waals surface area contributed by atoms with Crippen LogP contribution in [0.3, 0.4) is 0 Å². The summed E-state index contributed by atoms with van der Waals surface area (Å²) in [6.45, 7) is 0. The van der Waals surface area contributed by atoms with Gasteiger partial charge < -0.3 is 0 Å². The Morgan fingerprint density at radius 1 is 1.24 bits per heavy atom.